The Morgan fingerprint density at radius 1 is 0.381 bits per heavy atom. The minimum Gasteiger partial charge on any atom is -0.496 e. The maximum atomic E-state index is 14.6. The molecule has 0 radical (unpaired) electrons. The van der Waals surface area contributed by atoms with Gasteiger partial charge in [-0.3, -0.25) is 19.2 Å². The lowest BCUT2D eigenvalue weighted by atomic mass is 10.1. The molecule has 41 heteroatoms. The van der Waals surface area contributed by atoms with Crippen LogP contribution in [0.25, 0.3) is 0 Å². The van der Waals surface area contributed by atoms with Crippen LogP contribution in [-0.4, -0.2) is 105 Å². The number of thioether (sulfide) groups is 4. The highest BCUT2D eigenvalue weighted by molar-refractivity contribution is 8.15. The highest BCUT2D eigenvalue weighted by atomic mass is 35.5. The number of halogens is 18. The second kappa shape index (κ2) is 42.9. The summed E-state index contributed by atoms with van der Waals surface area (Å²) in [5, 5.41) is 29.0. The molecule has 0 spiro atoms. The zero-order valence-electron chi connectivity index (χ0n) is 68.9. The molecule has 12 aromatic rings. The van der Waals surface area contributed by atoms with Crippen molar-refractivity contribution in [2.75, 3.05) is 35.0 Å². The molecular weight excluding hydrogens is 1910 g/mol. The Kier molecular flexibility index (Phi) is 31.3. The van der Waals surface area contributed by atoms with Gasteiger partial charge in [0.1, 0.15) is 111 Å². The fourth-order valence-electron chi connectivity index (χ4n) is 13.2. The van der Waals surface area contributed by atoms with Crippen molar-refractivity contribution in [1.82, 2.24) is 20.0 Å². The lowest BCUT2D eigenvalue weighted by Crippen LogP contribution is -2.28. The maximum absolute atomic E-state index is 14.6. The number of ether oxygens (including phenoxy) is 6. The summed E-state index contributed by atoms with van der Waals surface area (Å²) in [7, 11) is 5.62. The molecule has 4 unspecified atom stereocenters. The molecule has 4 aliphatic rings. The van der Waals surface area contributed by atoms with Crippen LogP contribution in [0.15, 0.2) is 275 Å². The number of methoxy groups -OCH3 is 4. The van der Waals surface area contributed by atoms with E-state index < -0.39 is 138 Å². The van der Waals surface area contributed by atoms with Crippen molar-refractivity contribution in [3.8, 4) is 40.6 Å². The van der Waals surface area contributed by atoms with E-state index in [2.05, 4.69) is 20.4 Å². The van der Waals surface area contributed by atoms with Crippen molar-refractivity contribution in [3.05, 3.63) is 389 Å². The van der Waals surface area contributed by atoms with Crippen molar-refractivity contribution in [2.45, 2.75) is 40.5 Å². The zero-order chi connectivity index (χ0) is 96.1. The largest absolute Gasteiger partial charge is 0.496 e. The van der Waals surface area contributed by atoms with Gasteiger partial charge in [-0.15, -0.1) is 0 Å². The smallest absolute Gasteiger partial charge is 0.416 e. The van der Waals surface area contributed by atoms with Crippen LogP contribution in [0.1, 0.15) is 119 Å². The molecule has 16 rings (SSSR count). The van der Waals surface area contributed by atoms with Crippen LogP contribution in [0.4, 0.5) is 70.2 Å². The molecule has 0 saturated heterocycles. The van der Waals surface area contributed by atoms with E-state index in [-0.39, 0.29) is 39.7 Å². The van der Waals surface area contributed by atoms with Gasteiger partial charge in [-0.25, -0.2) is 55.2 Å². The highest BCUT2D eigenvalue weighted by Gasteiger charge is 2.45. The standard InChI is InChI=1S/C24H17F5N2O3S.C24H15F4N3O3S.C23H15F5N2O2S.C22H14Cl2F2N2O2S/c1-33-19-5-3-4-16(20(19)34-2)23-31(30-21(35-23)13-6-9-15(25)10-7-13)22(32)17-12-14(24(27,28)29)8-11-18(17)26;1-33-19-4-2-3-16(21(19)34-10-9-29)24-31(23(32)20-17(27)11-15(26)12-18(20)28)30-22(35-24)13-5-7-14(25)8-6-13;1-32-19-5-3-2-4-16(19)22-30(29-20(33-22)13-6-9-15(24)10-7-13)21(31)17-12-14(23(26,27)28)8-11-18(17)25;23-15-10-8-13(9-11-15)19-27-28(20(29)14-4-3-5-16(24)12-14)21(31-19)17-6-1-2-7-18(17)30-22(25)26/h3-12,23H,1-2H3;2-8,11-12,24H,10H2,1H3;2-12,22H,1H3;1-12,21-22H. The van der Waals surface area contributed by atoms with E-state index >= 15 is 0 Å². The number of carbonyl (C=O) groups is 4. The maximum Gasteiger partial charge on any atom is 0.416 e. The van der Waals surface area contributed by atoms with Crippen LogP contribution in [0.3, 0.4) is 0 Å². The number of hydrogen-bond acceptors (Lipinski definition) is 19. The Balaban J connectivity index is 0.000000152. The fraction of sp³-hybridized carbons (Fsp3) is 0.129. The molecule has 0 aliphatic carbocycles. The number of nitrogens with zero attached hydrogens (tertiary/aromatic N) is 9. The van der Waals surface area contributed by atoms with Gasteiger partial charge in [0.25, 0.3) is 23.6 Å². The number of para-hydroxylation sites is 4. The summed E-state index contributed by atoms with van der Waals surface area (Å²) < 4.78 is 248. The number of benzene rings is 12. The van der Waals surface area contributed by atoms with E-state index in [1.165, 1.54) is 130 Å². The van der Waals surface area contributed by atoms with Crippen LogP contribution in [0.2, 0.25) is 10.0 Å². The molecule has 134 heavy (non-hydrogen) atoms. The van der Waals surface area contributed by atoms with Gasteiger partial charge in [0.15, 0.2) is 29.6 Å². The van der Waals surface area contributed by atoms with E-state index in [9.17, 15) is 89.4 Å². The van der Waals surface area contributed by atoms with Crippen molar-refractivity contribution in [1.29, 1.82) is 5.26 Å². The van der Waals surface area contributed by atoms with E-state index in [1.807, 2.05) is 6.07 Å². The van der Waals surface area contributed by atoms with Gasteiger partial charge in [0.2, 0.25) is 0 Å². The molecule has 0 saturated carbocycles. The third kappa shape index (κ3) is 22.6. The van der Waals surface area contributed by atoms with Crippen molar-refractivity contribution < 1.29 is 118 Å². The first-order valence-electron chi connectivity index (χ1n) is 38.7. The first kappa shape index (κ1) is 97.9. The van der Waals surface area contributed by atoms with Crippen molar-refractivity contribution >= 4 is 114 Å². The monoisotopic (exact) mass is 1970 g/mol. The predicted octanol–water partition coefficient (Wildman–Crippen LogP) is 24.7. The third-order valence-electron chi connectivity index (χ3n) is 19.4. The SMILES string of the molecule is COc1cccc(C2SC(c3ccc(F)cc3)=NN2C(=O)c2c(F)cc(F)cc2F)c1OCC#N.COc1cccc(C2SC(c3ccc(F)cc3)=NN2C(=O)c2cc(C(F)(F)F)ccc2F)c1OC.COc1ccccc1C1SC(c2ccc(F)cc2)=NN1C(=O)c1cc(C(F)(F)F)ccc1F.O=C(c1cccc(Cl)c1)N1N=C(c2ccc(Cl)cc2)SC1c1ccccc1OC(F)F. The van der Waals surface area contributed by atoms with Crippen LogP contribution in [-0.2, 0) is 12.4 Å². The average Bonchev–Trinajstić information content (AvgIpc) is 1.59. The van der Waals surface area contributed by atoms with Gasteiger partial charge in [0, 0.05) is 72.2 Å². The Hall–Kier alpha value is -13.7. The van der Waals surface area contributed by atoms with Crippen molar-refractivity contribution in [2.24, 2.45) is 20.4 Å². The topological polar surface area (TPSA) is 210 Å². The Bertz CT molecular complexity index is 6570. The number of hydrogen-bond donors (Lipinski definition) is 0. The summed E-state index contributed by atoms with van der Waals surface area (Å²) in [6, 6.07) is 57.9. The highest BCUT2D eigenvalue weighted by Crippen LogP contribution is 2.53. The van der Waals surface area contributed by atoms with Crippen LogP contribution >= 0.6 is 70.2 Å². The number of amides is 4. The first-order chi connectivity index (χ1) is 64.1. The molecule has 4 atom stereocenters. The second-order valence-corrected chi connectivity index (χ2v) is 33.0. The predicted molar refractivity (Wildman–Crippen MR) is 473 cm³/mol. The van der Waals surface area contributed by atoms with Crippen LogP contribution in [0, 0.1) is 57.9 Å². The first-order valence-corrected chi connectivity index (χ1v) is 42.9. The molecule has 688 valence electrons. The molecule has 0 bridgehead atoms. The summed E-state index contributed by atoms with van der Waals surface area (Å²) in [4.78, 5) is 53.2. The second-order valence-electron chi connectivity index (χ2n) is 27.8. The quantitative estimate of drug-likeness (QED) is 0.0650. The van der Waals surface area contributed by atoms with Gasteiger partial charge in [-0.05, 0) is 164 Å². The Morgan fingerprint density at radius 3 is 1.14 bits per heavy atom. The van der Waals surface area contributed by atoms with Gasteiger partial charge in [-0.1, -0.05) is 149 Å². The Morgan fingerprint density at radius 2 is 0.739 bits per heavy atom. The van der Waals surface area contributed by atoms with Gasteiger partial charge in [0.05, 0.1) is 50.7 Å². The minimum absolute atomic E-state index is 0.0218. The summed E-state index contributed by atoms with van der Waals surface area (Å²) in [5.41, 5.74) is -0.789. The van der Waals surface area contributed by atoms with E-state index in [4.69, 9.17) is 56.9 Å². The summed E-state index contributed by atoms with van der Waals surface area (Å²) in [6.45, 7) is -3.34. The molecule has 4 amide bonds. The fourth-order valence-corrected chi connectivity index (χ4v) is 18.2. The molecule has 4 heterocycles. The summed E-state index contributed by atoms with van der Waals surface area (Å²) >= 11 is 16.5. The lowest BCUT2D eigenvalue weighted by Gasteiger charge is -2.24. The van der Waals surface area contributed by atoms with E-state index in [0.717, 1.165) is 55.9 Å². The molecule has 12 aromatic carbocycles. The van der Waals surface area contributed by atoms with Crippen molar-refractivity contribution in [3.63, 3.8) is 0 Å². The molecule has 19 nitrogen and oxygen atoms in total. The Labute approximate surface area is 778 Å². The molecule has 0 fully saturated rings. The third-order valence-corrected chi connectivity index (χ3v) is 24.8. The number of carbonyl (C=O) groups excluding carboxylic acids is 4. The molecule has 0 aromatic heterocycles. The van der Waals surface area contributed by atoms with Gasteiger partial charge >= 0.3 is 19.0 Å². The minimum atomic E-state index is -4.78. The van der Waals surface area contributed by atoms with Gasteiger partial charge < -0.3 is 28.4 Å². The normalized spacial score (nSPS) is 15.6. The molecule has 0 N–H and O–H groups in total. The molecule has 4 aliphatic heterocycles. The molecular formula is C93H61Cl2F16N9O10S4. The van der Waals surface area contributed by atoms with Crippen LogP contribution in [0.5, 0.6) is 34.5 Å². The summed E-state index contributed by atoms with van der Waals surface area (Å²) in [5.74, 6) is -10.0. The van der Waals surface area contributed by atoms with Crippen LogP contribution < -0.4 is 28.4 Å². The lowest BCUT2D eigenvalue weighted by molar-refractivity contribution is -0.138. The number of rotatable bonds is 20. The van der Waals surface area contributed by atoms with Gasteiger partial charge in [-0.2, -0.15) is 60.8 Å². The number of alkyl halides is 8. The van der Waals surface area contributed by atoms with E-state index in [0.29, 0.717) is 125 Å². The summed E-state index contributed by atoms with van der Waals surface area (Å²) in [6.07, 6.45) is -9.53. The van der Waals surface area contributed by atoms with E-state index in [1.54, 1.807) is 121 Å². The number of hydrazone groups is 4. The number of nitriles is 1. The zero-order valence-corrected chi connectivity index (χ0v) is 73.7. The average molecular weight is 1970 g/mol.